The van der Waals surface area contributed by atoms with E-state index in [1.54, 1.807) is 14.2 Å². The molecule has 0 bridgehead atoms. The summed E-state index contributed by atoms with van der Waals surface area (Å²) in [5.74, 6) is 1.47. The first kappa shape index (κ1) is 25.7. The van der Waals surface area contributed by atoms with Gasteiger partial charge in [0.2, 0.25) is 0 Å². The fourth-order valence-electron chi connectivity index (χ4n) is 2.65. The van der Waals surface area contributed by atoms with Gasteiger partial charge in [-0.05, 0) is 49.5 Å². The van der Waals surface area contributed by atoms with E-state index < -0.39 is 0 Å². The van der Waals surface area contributed by atoms with Crippen LogP contribution in [0.15, 0.2) is 53.5 Å². The lowest BCUT2D eigenvalue weighted by molar-refractivity contribution is 0.0951. The van der Waals surface area contributed by atoms with Crippen molar-refractivity contribution < 1.29 is 9.53 Å². The zero-order valence-corrected chi connectivity index (χ0v) is 20.4. The van der Waals surface area contributed by atoms with Crippen molar-refractivity contribution in [2.75, 3.05) is 41.3 Å². The number of guanidine groups is 1. The van der Waals surface area contributed by atoms with Crippen LogP contribution < -0.4 is 20.7 Å². The van der Waals surface area contributed by atoms with Gasteiger partial charge in [0.05, 0.1) is 7.11 Å². The van der Waals surface area contributed by atoms with Gasteiger partial charge in [0, 0.05) is 38.8 Å². The largest absolute Gasteiger partial charge is 0.497 e. The first-order valence-electron chi connectivity index (χ1n) is 9.61. The van der Waals surface area contributed by atoms with E-state index in [4.69, 9.17) is 4.74 Å². The van der Waals surface area contributed by atoms with Gasteiger partial charge in [-0.2, -0.15) is 0 Å². The maximum absolute atomic E-state index is 12.3. The number of methoxy groups -OCH3 is 1. The lowest BCUT2D eigenvalue weighted by Gasteiger charge is -2.13. The molecule has 3 N–H and O–H groups in total. The molecular weight excluding hydrogens is 493 g/mol. The van der Waals surface area contributed by atoms with Gasteiger partial charge in [0.1, 0.15) is 5.75 Å². The van der Waals surface area contributed by atoms with Crippen molar-refractivity contribution in [3.8, 4) is 5.75 Å². The molecule has 2 rings (SSSR count). The summed E-state index contributed by atoms with van der Waals surface area (Å²) in [6.07, 6.45) is 0. The van der Waals surface area contributed by atoms with Gasteiger partial charge in [-0.25, -0.2) is 0 Å². The summed E-state index contributed by atoms with van der Waals surface area (Å²) < 4.78 is 5.17. The van der Waals surface area contributed by atoms with Crippen LogP contribution in [0.25, 0.3) is 0 Å². The van der Waals surface area contributed by atoms with E-state index in [2.05, 4.69) is 20.9 Å². The van der Waals surface area contributed by atoms with Gasteiger partial charge < -0.3 is 25.6 Å². The lowest BCUT2D eigenvalue weighted by atomic mass is 10.1. The van der Waals surface area contributed by atoms with Crippen molar-refractivity contribution in [1.82, 2.24) is 20.9 Å². The molecule has 0 aliphatic rings. The van der Waals surface area contributed by atoms with E-state index in [1.165, 1.54) is 0 Å². The Kier molecular flexibility index (Phi) is 11.8. The molecule has 2 aromatic carbocycles. The Morgan fingerprint density at radius 3 is 2.27 bits per heavy atom. The minimum Gasteiger partial charge on any atom is -0.497 e. The highest BCUT2D eigenvalue weighted by Gasteiger charge is 2.06. The molecule has 0 heterocycles. The number of hydrogen-bond donors (Lipinski definition) is 3. The third-order valence-corrected chi connectivity index (χ3v) is 4.34. The molecule has 0 saturated carbocycles. The van der Waals surface area contributed by atoms with Crippen LogP contribution >= 0.6 is 24.0 Å². The van der Waals surface area contributed by atoms with Gasteiger partial charge in [-0.15, -0.1) is 24.0 Å². The SMILES string of the molecule is CN=C(NCc1ccc(OC)cc1)NCc1cccc(C(=O)NCCN(C)C)c1.I. The van der Waals surface area contributed by atoms with Gasteiger partial charge in [0.25, 0.3) is 5.91 Å². The van der Waals surface area contributed by atoms with Crippen LogP contribution in [-0.4, -0.2) is 58.1 Å². The number of amides is 1. The second-order valence-corrected chi connectivity index (χ2v) is 6.89. The van der Waals surface area contributed by atoms with E-state index in [0.29, 0.717) is 31.2 Å². The number of carbonyl (C=O) groups is 1. The highest BCUT2D eigenvalue weighted by Crippen LogP contribution is 2.11. The van der Waals surface area contributed by atoms with Crippen molar-refractivity contribution >= 4 is 35.8 Å². The van der Waals surface area contributed by atoms with E-state index in [0.717, 1.165) is 23.4 Å². The minimum absolute atomic E-state index is 0. The van der Waals surface area contributed by atoms with Gasteiger partial charge in [-0.3, -0.25) is 9.79 Å². The molecule has 0 fully saturated rings. The van der Waals surface area contributed by atoms with Gasteiger partial charge in [-0.1, -0.05) is 24.3 Å². The van der Waals surface area contributed by atoms with Crippen molar-refractivity contribution in [3.63, 3.8) is 0 Å². The Hall–Kier alpha value is -2.33. The zero-order chi connectivity index (χ0) is 21.1. The Morgan fingerprint density at radius 1 is 1.00 bits per heavy atom. The molecule has 0 aliphatic carbocycles. The monoisotopic (exact) mass is 525 g/mol. The first-order valence-corrected chi connectivity index (χ1v) is 9.61. The number of rotatable bonds is 9. The quantitative estimate of drug-likeness (QED) is 0.267. The molecule has 0 aliphatic heterocycles. The molecule has 7 nitrogen and oxygen atoms in total. The number of carbonyl (C=O) groups excluding carboxylic acids is 1. The maximum Gasteiger partial charge on any atom is 0.251 e. The molecule has 8 heteroatoms. The molecule has 0 atom stereocenters. The summed E-state index contributed by atoms with van der Waals surface area (Å²) >= 11 is 0. The van der Waals surface area contributed by atoms with Crippen LogP contribution in [0.4, 0.5) is 0 Å². The van der Waals surface area contributed by atoms with E-state index in [-0.39, 0.29) is 29.9 Å². The average molecular weight is 525 g/mol. The lowest BCUT2D eigenvalue weighted by Crippen LogP contribution is -2.36. The van der Waals surface area contributed by atoms with Gasteiger partial charge in [0.15, 0.2) is 5.96 Å². The second kappa shape index (κ2) is 13.8. The minimum atomic E-state index is -0.0595. The fourth-order valence-corrected chi connectivity index (χ4v) is 2.65. The van der Waals surface area contributed by atoms with Crippen molar-refractivity contribution in [2.24, 2.45) is 4.99 Å². The number of nitrogens with one attached hydrogen (secondary N) is 3. The number of hydrogen-bond acceptors (Lipinski definition) is 4. The van der Waals surface area contributed by atoms with Crippen LogP contribution in [0, 0.1) is 0 Å². The summed E-state index contributed by atoms with van der Waals surface area (Å²) in [5, 5.41) is 9.50. The number of halogens is 1. The number of likely N-dealkylation sites (N-methyl/N-ethyl adjacent to an activating group) is 1. The third kappa shape index (κ3) is 9.00. The van der Waals surface area contributed by atoms with Crippen LogP contribution in [0.1, 0.15) is 21.5 Å². The summed E-state index contributed by atoms with van der Waals surface area (Å²) in [6.45, 7) is 2.65. The topological polar surface area (TPSA) is 78.0 Å². The van der Waals surface area contributed by atoms with Crippen LogP contribution in [0.2, 0.25) is 0 Å². The number of aliphatic imine (C=N–C) groups is 1. The highest BCUT2D eigenvalue weighted by atomic mass is 127. The van der Waals surface area contributed by atoms with E-state index >= 15 is 0 Å². The number of nitrogens with zero attached hydrogens (tertiary/aromatic N) is 2. The predicted octanol–water partition coefficient (Wildman–Crippen LogP) is 2.47. The van der Waals surface area contributed by atoms with E-state index in [9.17, 15) is 4.79 Å². The zero-order valence-electron chi connectivity index (χ0n) is 18.1. The van der Waals surface area contributed by atoms with Crippen molar-refractivity contribution in [3.05, 3.63) is 65.2 Å². The molecule has 0 saturated heterocycles. The fraction of sp³-hybridized carbons (Fsp3) is 0.364. The van der Waals surface area contributed by atoms with Crippen LogP contribution in [0.3, 0.4) is 0 Å². The summed E-state index contributed by atoms with van der Waals surface area (Å²) in [6, 6.07) is 15.5. The molecule has 0 aromatic heterocycles. The molecule has 1 amide bonds. The van der Waals surface area contributed by atoms with Crippen molar-refractivity contribution in [2.45, 2.75) is 13.1 Å². The van der Waals surface area contributed by atoms with E-state index in [1.807, 2.05) is 67.5 Å². The Morgan fingerprint density at radius 2 is 1.67 bits per heavy atom. The smallest absolute Gasteiger partial charge is 0.251 e. The van der Waals surface area contributed by atoms with Crippen LogP contribution in [0.5, 0.6) is 5.75 Å². The number of benzene rings is 2. The molecule has 2 aromatic rings. The molecule has 0 spiro atoms. The highest BCUT2D eigenvalue weighted by molar-refractivity contribution is 14.0. The van der Waals surface area contributed by atoms with Crippen LogP contribution in [-0.2, 0) is 13.1 Å². The predicted molar refractivity (Wildman–Crippen MR) is 133 cm³/mol. The summed E-state index contributed by atoms with van der Waals surface area (Å²) in [4.78, 5) is 18.6. The molecule has 30 heavy (non-hydrogen) atoms. The molecule has 164 valence electrons. The molecule has 0 unspecified atom stereocenters. The maximum atomic E-state index is 12.3. The van der Waals surface area contributed by atoms with Crippen molar-refractivity contribution in [1.29, 1.82) is 0 Å². The molecular formula is C22H32IN5O2. The Labute approximate surface area is 196 Å². The number of ether oxygens (including phenoxy) is 1. The first-order chi connectivity index (χ1) is 14.0. The van der Waals surface area contributed by atoms with Gasteiger partial charge >= 0.3 is 0 Å². The third-order valence-electron chi connectivity index (χ3n) is 4.34. The normalized spacial score (nSPS) is 10.9. The second-order valence-electron chi connectivity index (χ2n) is 6.89. The summed E-state index contributed by atoms with van der Waals surface area (Å²) in [5.41, 5.74) is 2.80. The Bertz CT molecular complexity index is 809. The molecule has 0 radical (unpaired) electrons. The summed E-state index contributed by atoms with van der Waals surface area (Å²) in [7, 11) is 7.35. The standard InChI is InChI=1S/C22H31N5O2.HI/c1-23-22(25-15-17-8-10-20(29-4)11-9-17)26-16-18-6-5-7-19(14-18)21(28)24-12-13-27(2)3;/h5-11,14H,12-13,15-16H2,1-4H3,(H,24,28)(H2,23,25,26);1H. The Balaban J connectivity index is 0.00000450. The average Bonchev–Trinajstić information content (AvgIpc) is 2.74.